The third-order valence-corrected chi connectivity index (χ3v) is 7.11. The molecule has 0 N–H and O–H groups in total. The van der Waals surface area contributed by atoms with Crippen LogP contribution in [0, 0.1) is 0 Å². The highest BCUT2D eigenvalue weighted by atomic mass is 15.1. The Kier molecular flexibility index (Phi) is 4.72. The zero-order chi connectivity index (χ0) is 25.8. The topological polar surface area (TPSA) is 69.4 Å². The lowest BCUT2D eigenvalue weighted by Gasteiger charge is -2.13. The van der Waals surface area contributed by atoms with E-state index in [1.807, 2.05) is 54.7 Å². The van der Waals surface area contributed by atoms with Crippen molar-refractivity contribution >= 4 is 43.7 Å². The van der Waals surface area contributed by atoms with E-state index in [0.29, 0.717) is 11.5 Å². The van der Waals surface area contributed by atoms with Crippen LogP contribution < -0.4 is 0 Å². The molecule has 5 aromatic heterocycles. The van der Waals surface area contributed by atoms with Gasteiger partial charge < -0.3 is 0 Å². The van der Waals surface area contributed by atoms with Crippen molar-refractivity contribution in [1.82, 2.24) is 29.5 Å². The molecule has 182 valence electrons. The predicted molar refractivity (Wildman–Crippen MR) is 156 cm³/mol. The zero-order valence-corrected chi connectivity index (χ0v) is 20.7. The first-order valence-electron chi connectivity index (χ1n) is 12.8. The normalized spacial score (nSPS) is 11.6. The lowest BCUT2D eigenvalue weighted by atomic mass is 10.1. The van der Waals surface area contributed by atoms with E-state index in [1.54, 1.807) is 6.20 Å². The molecule has 3 aromatic carbocycles. The molecule has 39 heavy (non-hydrogen) atoms. The van der Waals surface area contributed by atoms with E-state index in [4.69, 9.17) is 19.9 Å². The highest BCUT2D eigenvalue weighted by molar-refractivity contribution is 6.11. The highest BCUT2D eigenvalue weighted by Crippen LogP contribution is 2.35. The lowest BCUT2D eigenvalue weighted by molar-refractivity contribution is 1.05. The zero-order valence-electron chi connectivity index (χ0n) is 20.7. The number of nitrogens with zero attached hydrogens (tertiary/aromatic N) is 6. The van der Waals surface area contributed by atoms with Crippen LogP contribution in [0.25, 0.3) is 72.3 Å². The van der Waals surface area contributed by atoms with Crippen molar-refractivity contribution in [3.63, 3.8) is 0 Å². The molecule has 0 saturated carbocycles. The first-order chi connectivity index (χ1) is 19.3. The standard InChI is InChI=1S/C33H20N6/c1-2-9-21(10-3-1)26-18-16-22-15-17-25-30(29(22)36-26)37-31(27-13-6-7-19-34-27)38-33(25)39-28-14-5-4-11-23(28)24-12-8-20-35-32(24)39/h1-20H. The second-order valence-corrected chi connectivity index (χ2v) is 9.41. The van der Waals surface area contributed by atoms with E-state index >= 15 is 0 Å². The number of hydrogen-bond acceptors (Lipinski definition) is 5. The van der Waals surface area contributed by atoms with E-state index in [0.717, 1.165) is 60.8 Å². The summed E-state index contributed by atoms with van der Waals surface area (Å²) in [5, 5.41) is 4.11. The number of para-hydroxylation sites is 1. The van der Waals surface area contributed by atoms with E-state index in [2.05, 4.69) is 70.2 Å². The van der Waals surface area contributed by atoms with Gasteiger partial charge in [0.15, 0.2) is 11.6 Å². The Morgan fingerprint density at radius 1 is 0.487 bits per heavy atom. The Labute approximate surface area is 223 Å². The molecule has 6 nitrogen and oxygen atoms in total. The van der Waals surface area contributed by atoms with Gasteiger partial charge in [-0.3, -0.25) is 9.55 Å². The Bertz CT molecular complexity index is 2120. The molecule has 0 spiro atoms. The molecule has 0 aliphatic heterocycles. The summed E-state index contributed by atoms with van der Waals surface area (Å²) in [6.07, 6.45) is 3.59. The van der Waals surface area contributed by atoms with Crippen molar-refractivity contribution in [2.24, 2.45) is 0 Å². The van der Waals surface area contributed by atoms with Gasteiger partial charge in [0, 0.05) is 39.5 Å². The average molecular weight is 501 g/mol. The molecular formula is C33H20N6. The Hall–Kier alpha value is -5.49. The molecule has 0 aliphatic carbocycles. The Morgan fingerprint density at radius 3 is 2.18 bits per heavy atom. The average Bonchev–Trinajstić information content (AvgIpc) is 3.35. The van der Waals surface area contributed by atoms with Crippen molar-refractivity contribution < 1.29 is 0 Å². The SMILES string of the molecule is c1ccc(-c2ccc3ccc4c(-n5c6ccccc6c6cccnc65)nc(-c5ccccn5)nc4c3n2)cc1. The van der Waals surface area contributed by atoms with Gasteiger partial charge in [-0.25, -0.2) is 19.9 Å². The maximum Gasteiger partial charge on any atom is 0.180 e. The summed E-state index contributed by atoms with van der Waals surface area (Å²) in [7, 11) is 0. The maximum atomic E-state index is 5.12. The fraction of sp³-hybridized carbons (Fsp3) is 0. The van der Waals surface area contributed by atoms with Crippen LogP contribution in [0.3, 0.4) is 0 Å². The van der Waals surface area contributed by atoms with Gasteiger partial charge in [-0.2, -0.15) is 0 Å². The minimum atomic E-state index is 0.541. The van der Waals surface area contributed by atoms with Crippen molar-refractivity contribution in [2.45, 2.75) is 0 Å². The van der Waals surface area contributed by atoms with Gasteiger partial charge >= 0.3 is 0 Å². The lowest BCUT2D eigenvalue weighted by Crippen LogP contribution is -2.04. The summed E-state index contributed by atoms with van der Waals surface area (Å²) in [5.74, 6) is 1.29. The quantitative estimate of drug-likeness (QED) is 0.236. The van der Waals surface area contributed by atoms with Crippen LogP contribution in [0.2, 0.25) is 0 Å². The first kappa shape index (κ1) is 21.6. The van der Waals surface area contributed by atoms with Crippen LogP contribution in [0.1, 0.15) is 0 Å². The third-order valence-electron chi connectivity index (χ3n) is 7.11. The summed E-state index contributed by atoms with van der Waals surface area (Å²) >= 11 is 0. The molecule has 0 aliphatic rings. The minimum Gasteiger partial charge on any atom is -0.277 e. The molecule has 0 atom stereocenters. The van der Waals surface area contributed by atoms with Crippen LogP contribution in [0.5, 0.6) is 0 Å². The Morgan fingerprint density at radius 2 is 1.28 bits per heavy atom. The fourth-order valence-electron chi connectivity index (χ4n) is 5.32. The van der Waals surface area contributed by atoms with Gasteiger partial charge in [0.25, 0.3) is 0 Å². The van der Waals surface area contributed by atoms with Gasteiger partial charge in [0.1, 0.15) is 16.9 Å². The molecular weight excluding hydrogens is 480 g/mol. The first-order valence-corrected chi connectivity index (χ1v) is 12.8. The van der Waals surface area contributed by atoms with E-state index in [-0.39, 0.29) is 0 Å². The van der Waals surface area contributed by atoms with Gasteiger partial charge in [0.2, 0.25) is 0 Å². The molecule has 0 radical (unpaired) electrons. The van der Waals surface area contributed by atoms with Gasteiger partial charge in [-0.1, -0.05) is 66.7 Å². The van der Waals surface area contributed by atoms with Gasteiger partial charge in [0.05, 0.1) is 16.7 Å². The van der Waals surface area contributed by atoms with Gasteiger partial charge in [-0.05, 0) is 42.5 Å². The van der Waals surface area contributed by atoms with Crippen LogP contribution in [0.15, 0.2) is 122 Å². The molecule has 0 bridgehead atoms. The molecule has 8 rings (SSSR count). The predicted octanol–water partition coefficient (Wildman–Crippen LogP) is 7.40. The van der Waals surface area contributed by atoms with Crippen molar-refractivity contribution in [1.29, 1.82) is 0 Å². The summed E-state index contributed by atoms with van der Waals surface area (Å²) < 4.78 is 2.13. The Balaban J connectivity index is 1.52. The molecule has 0 unspecified atom stereocenters. The summed E-state index contributed by atoms with van der Waals surface area (Å²) in [4.78, 5) is 24.7. The number of fused-ring (bicyclic) bond motifs is 6. The molecule has 0 amide bonds. The largest absolute Gasteiger partial charge is 0.277 e. The molecule has 0 saturated heterocycles. The van der Waals surface area contributed by atoms with Gasteiger partial charge in [-0.15, -0.1) is 0 Å². The second-order valence-electron chi connectivity index (χ2n) is 9.41. The monoisotopic (exact) mass is 500 g/mol. The number of rotatable bonds is 3. The summed E-state index contributed by atoms with van der Waals surface area (Å²) in [6, 6.07) is 36.7. The number of benzene rings is 3. The molecule has 6 heteroatoms. The van der Waals surface area contributed by atoms with E-state index < -0.39 is 0 Å². The van der Waals surface area contributed by atoms with E-state index in [1.165, 1.54) is 0 Å². The van der Waals surface area contributed by atoms with Crippen LogP contribution in [-0.2, 0) is 0 Å². The number of aromatic nitrogens is 6. The summed E-state index contributed by atoms with van der Waals surface area (Å²) in [5.41, 5.74) is 6.13. The van der Waals surface area contributed by atoms with Crippen molar-refractivity contribution in [3.05, 3.63) is 122 Å². The fourth-order valence-corrected chi connectivity index (χ4v) is 5.32. The number of hydrogen-bond donors (Lipinski definition) is 0. The van der Waals surface area contributed by atoms with Crippen LogP contribution >= 0.6 is 0 Å². The minimum absolute atomic E-state index is 0.541. The van der Waals surface area contributed by atoms with Crippen LogP contribution in [-0.4, -0.2) is 29.5 Å². The molecule has 0 fully saturated rings. The van der Waals surface area contributed by atoms with Crippen molar-refractivity contribution in [3.8, 4) is 28.6 Å². The number of pyridine rings is 3. The van der Waals surface area contributed by atoms with Crippen molar-refractivity contribution in [2.75, 3.05) is 0 Å². The molecule has 8 aromatic rings. The second kappa shape index (κ2) is 8.53. The third kappa shape index (κ3) is 3.39. The smallest absolute Gasteiger partial charge is 0.180 e. The maximum absolute atomic E-state index is 5.12. The summed E-state index contributed by atoms with van der Waals surface area (Å²) in [6.45, 7) is 0. The molecule has 5 heterocycles. The highest BCUT2D eigenvalue weighted by Gasteiger charge is 2.20. The van der Waals surface area contributed by atoms with E-state index in [9.17, 15) is 0 Å². The van der Waals surface area contributed by atoms with Crippen LogP contribution in [0.4, 0.5) is 0 Å².